The number of carbonyl (C=O) groups excluding carboxylic acids is 1. The maximum Gasteiger partial charge on any atom is 0.326 e. The van der Waals surface area contributed by atoms with Crippen LogP contribution in [0.25, 0.3) is 0 Å². The average molecular weight is 293 g/mol. The third kappa shape index (κ3) is 4.19. The van der Waals surface area contributed by atoms with Crippen molar-refractivity contribution in [2.24, 2.45) is 0 Å². The minimum absolute atomic E-state index is 0.199. The van der Waals surface area contributed by atoms with Crippen molar-refractivity contribution in [3.8, 4) is 5.75 Å². The van der Waals surface area contributed by atoms with Crippen LogP contribution in [0.1, 0.15) is 18.4 Å². The summed E-state index contributed by atoms with van der Waals surface area (Å²) in [4.78, 5) is 23.3. The number of hydrogen-bond donors (Lipinski definition) is 2. The van der Waals surface area contributed by atoms with Crippen LogP contribution in [0.5, 0.6) is 5.75 Å². The molecule has 1 aliphatic rings. The minimum Gasteiger partial charge on any atom is -0.497 e. The van der Waals surface area contributed by atoms with Gasteiger partial charge in [0.1, 0.15) is 17.9 Å². The Morgan fingerprint density at radius 2 is 2.33 bits per heavy atom. The molecule has 0 aromatic heterocycles. The molecule has 1 heterocycles. The normalized spacial score (nSPS) is 19.0. The average Bonchev–Trinajstić information content (AvgIpc) is 3.01. The summed E-state index contributed by atoms with van der Waals surface area (Å²) in [5.41, 5.74) is 0.786. The highest BCUT2D eigenvalue weighted by Gasteiger charge is 2.28. The van der Waals surface area contributed by atoms with E-state index in [-0.39, 0.29) is 12.3 Å². The summed E-state index contributed by atoms with van der Waals surface area (Å²) >= 11 is 0. The van der Waals surface area contributed by atoms with Crippen LogP contribution in [0.2, 0.25) is 0 Å². The molecule has 0 radical (unpaired) electrons. The Labute approximate surface area is 123 Å². The predicted molar refractivity (Wildman–Crippen MR) is 75.2 cm³/mol. The maximum absolute atomic E-state index is 11.9. The molecular weight excluding hydrogens is 274 g/mol. The summed E-state index contributed by atoms with van der Waals surface area (Å²) in [7, 11) is 1.55. The highest BCUT2D eigenvalue weighted by Crippen LogP contribution is 2.15. The monoisotopic (exact) mass is 293 g/mol. The number of carboxylic acids is 1. The first kappa shape index (κ1) is 15.3. The van der Waals surface area contributed by atoms with Crippen LogP contribution in [-0.2, 0) is 20.7 Å². The molecule has 2 N–H and O–H groups in total. The number of carboxylic acid groups (broad SMARTS) is 1. The van der Waals surface area contributed by atoms with Crippen LogP contribution in [0.3, 0.4) is 0 Å². The van der Waals surface area contributed by atoms with E-state index >= 15 is 0 Å². The van der Waals surface area contributed by atoms with Crippen molar-refractivity contribution in [2.45, 2.75) is 31.4 Å². The Morgan fingerprint density at radius 3 is 2.95 bits per heavy atom. The van der Waals surface area contributed by atoms with Gasteiger partial charge in [-0.05, 0) is 30.5 Å². The van der Waals surface area contributed by atoms with Gasteiger partial charge < -0.3 is 19.9 Å². The van der Waals surface area contributed by atoms with E-state index in [1.165, 1.54) is 0 Å². The van der Waals surface area contributed by atoms with Crippen molar-refractivity contribution in [2.75, 3.05) is 13.7 Å². The lowest BCUT2D eigenvalue weighted by Crippen LogP contribution is -2.46. The van der Waals surface area contributed by atoms with Crippen LogP contribution in [-0.4, -0.2) is 42.8 Å². The van der Waals surface area contributed by atoms with Crippen LogP contribution < -0.4 is 10.1 Å². The van der Waals surface area contributed by atoms with Crippen molar-refractivity contribution < 1.29 is 24.2 Å². The highest BCUT2D eigenvalue weighted by molar-refractivity contribution is 5.86. The number of nitrogens with one attached hydrogen (secondary N) is 1. The molecule has 0 aliphatic carbocycles. The quantitative estimate of drug-likeness (QED) is 0.817. The van der Waals surface area contributed by atoms with Gasteiger partial charge in [-0.1, -0.05) is 12.1 Å². The topological polar surface area (TPSA) is 84.9 Å². The fourth-order valence-electron chi connectivity index (χ4n) is 2.28. The third-order valence-electron chi connectivity index (χ3n) is 3.41. The third-order valence-corrected chi connectivity index (χ3v) is 3.41. The van der Waals surface area contributed by atoms with E-state index in [0.29, 0.717) is 18.8 Å². The Bertz CT molecular complexity index is 511. The zero-order valence-electron chi connectivity index (χ0n) is 11.9. The molecule has 0 unspecified atom stereocenters. The Hall–Kier alpha value is -2.08. The number of aliphatic carboxylic acids is 1. The first-order valence-corrected chi connectivity index (χ1v) is 6.88. The fraction of sp³-hybridized carbons (Fsp3) is 0.467. The molecule has 6 nitrogen and oxygen atoms in total. The molecule has 21 heavy (non-hydrogen) atoms. The lowest BCUT2D eigenvalue weighted by Gasteiger charge is -2.17. The first-order valence-electron chi connectivity index (χ1n) is 6.88. The van der Waals surface area contributed by atoms with Gasteiger partial charge in [0.05, 0.1) is 7.11 Å². The van der Waals surface area contributed by atoms with E-state index in [1.54, 1.807) is 31.4 Å². The number of hydrogen-bond acceptors (Lipinski definition) is 4. The van der Waals surface area contributed by atoms with Gasteiger partial charge in [-0.3, -0.25) is 4.79 Å². The zero-order valence-corrected chi connectivity index (χ0v) is 11.9. The van der Waals surface area contributed by atoms with Crippen molar-refractivity contribution in [3.05, 3.63) is 29.8 Å². The summed E-state index contributed by atoms with van der Waals surface area (Å²) in [5.74, 6) is -0.769. The summed E-state index contributed by atoms with van der Waals surface area (Å²) in [6, 6.07) is 6.15. The number of amides is 1. The summed E-state index contributed by atoms with van der Waals surface area (Å²) in [5, 5.41) is 11.8. The second kappa shape index (κ2) is 7.08. The SMILES string of the molecule is COc1cccc(C[C@@H](NC(=O)[C@H]2CCCO2)C(=O)O)c1. The summed E-state index contributed by atoms with van der Waals surface area (Å²) < 4.78 is 10.4. The molecule has 0 saturated carbocycles. The standard InChI is InChI=1S/C15H19NO5/c1-20-11-5-2-4-10(8-11)9-12(15(18)19)16-14(17)13-6-3-7-21-13/h2,4-5,8,12-13H,3,6-7,9H2,1H3,(H,16,17)(H,18,19)/t12-,13-/m1/s1. The van der Waals surface area contributed by atoms with E-state index in [1.807, 2.05) is 0 Å². The molecule has 2 rings (SSSR count). The number of carbonyl (C=O) groups is 2. The molecule has 6 heteroatoms. The highest BCUT2D eigenvalue weighted by atomic mass is 16.5. The zero-order chi connectivity index (χ0) is 15.2. The van der Waals surface area contributed by atoms with Crippen molar-refractivity contribution >= 4 is 11.9 Å². The van der Waals surface area contributed by atoms with Gasteiger partial charge in [0.15, 0.2) is 0 Å². The van der Waals surface area contributed by atoms with Crippen LogP contribution in [0.15, 0.2) is 24.3 Å². The van der Waals surface area contributed by atoms with Crippen LogP contribution >= 0.6 is 0 Å². The van der Waals surface area contributed by atoms with E-state index in [9.17, 15) is 14.7 Å². The smallest absolute Gasteiger partial charge is 0.326 e. The van der Waals surface area contributed by atoms with Crippen molar-refractivity contribution in [1.82, 2.24) is 5.32 Å². The second-order valence-electron chi connectivity index (χ2n) is 4.96. The summed E-state index contributed by atoms with van der Waals surface area (Å²) in [6.45, 7) is 0.547. The molecule has 0 bridgehead atoms. The Kier molecular flexibility index (Phi) is 5.16. The van der Waals surface area contributed by atoms with Gasteiger partial charge in [0.25, 0.3) is 0 Å². The van der Waals surface area contributed by atoms with E-state index < -0.39 is 18.1 Å². The van der Waals surface area contributed by atoms with Gasteiger partial charge in [-0.25, -0.2) is 4.79 Å². The number of rotatable bonds is 6. The Balaban J connectivity index is 2.01. The van der Waals surface area contributed by atoms with E-state index in [0.717, 1.165) is 12.0 Å². The van der Waals surface area contributed by atoms with Gasteiger partial charge in [0, 0.05) is 13.0 Å². The lowest BCUT2D eigenvalue weighted by molar-refractivity contribution is -0.143. The predicted octanol–water partition coefficient (Wildman–Crippen LogP) is 0.986. The van der Waals surface area contributed by atoms with Gasteiger partial charge in [-0.15, -0.1) is 0 Å². The maximum atomic E-state index is 11.9. The first-order chi connectivity index (χ1) is 10.1. The molecule has 1 fully saturated rings. The molecular formula is C15H19NO5. The van der Waals surface area contributed by atoms with E-state index in [2.05, 4.69) is 5.32 Å². The van der Waals surface area contributed by atoms with Gasteiger partial charge in [0.2, 0.25) is 5.91 Å². The number of ether oxygens (including phenoxy) is 2. The Morgan fingerprint density at radius 1 is 1.52 bits per heavy atom. The molecule has 1 aromatic carbocycles. The molecule has 1 saturated heterocycles. The largest absolute Gasteiger partial charge is 0.497 e. The molecule has 1 aliphatic heterocycles. The summed E-state index contributed by atoms with van der Waals surface area (Å²) in [6.07, 6.45) is 1.13. The molecule has 1 aromatic rings. The molecule has 114 valence electrons. The van der Waals surface area contributed by atoms with Crippen LogP contribution in [0, 0.1) is 0 Å². The molecule has 1 amide bonds. The van der Waals surface area contributed by atoms with E-state index in [4.69, 9.17) is 9.47 Å². The van der Waals surface area contributed by atoms with Crippen molar-refractivity contribution in [3.63, 3.8) is 0 Å². The van der Waals surface area contributed by atoms with Crippen molar-refractivity contribution in [1.29, 1.82) is 0 Å². The van der Waals surface area contributed by atoms with Crippen LogP contribution in [0.4, 0.5) is 0 Å². The lowest BCUT2D eigenvalue weighted by atomic mass is 10.1. The fourth-order valence-corrected chi connectivity index (χ4v) is 2.28. The minimum atomic E-state index is -1.07. The number of benzene rings is 1. The number of methoxy groups -OCH3 is 1. The van der Waals surface area contributed by atoms with Gasteiger partial charge >= 0.3 is 5.97 Å². The molecule has 0 spiro atoms. The molecule has 2 atom stereocenters. The van der Waals surface area contributed by atoms with Gasteiger partial charge in [-0.2, -0.15) is 0 Å². The second-order valence-corrected chi connectivity index (χ2v) is 4.96.